The molecule has 1 amide bonds. The maximum atomic E-state index is 10.7. The normalized spacial score (nSPS) is 24.6. The van der Waals surface area contributed by atoms with Crippen LogP contribution < -0.4 is 11.6 Å². The van der Waals surface area contributed by atoms with E-state index < -0.39 is 0 Å². The Labute approximate surface area is 65.2 Å². The van der Waals surface area contributed by atoms with Gasteiger partial charge in [-0.1, -0.05) is 0 Å². The summed E-state index contributed by atoms with van der Waals surface area (Å²) in [5.74, 6) is 4.58. The molecule has 1 rings (SSSR count). The van der Waals surface area contributed by atoms with E-state index in [0.29, 0.717) is 13.2 Å². The molecule has 1 aliphatic rings. The fourth-order valence-electron chi connectivity index (χ4n) is 1.20. The Morgan fingerprint density at radius 2 is 2.45 bits per heavy atom. The number of nitrogens with zero attached hydrogens (tertiary/aromatic N) is 1. The average molecular weight is 159 g/mol. The van der Waals surface area contributed by atoms with Crippen LogP contribution in [0.1, 0.15) is 6.42 Å². The van der Waals surface area contributed by atoms with Crippen molar-refractivity contribution in [2.24, 2.45) is 11.6 Å². The van der Waals surface area contributed by atoms with Crippen LogP contribution in [0, 0.1) is 0 Å². The average Bonchev–Trinajstić information content (AvgIpc) is 1.84. The Morgan fingerprint density at radius 3 is 2.82 bits per heavy atom. The van der Waals surface area contributed by atoms with Crippen molar-refractivity contribution in [2.45, 2.75) is 12.5 Å². The first-order chi connectivity index (χ1) is 5.25. The topological polar surface area (TPSA) is 81.6 Å². The summed E-state index contributed by atoms with van der Waals surface area (Å²) in [4.78, 5) is 17.0. The highest BCUT2D eigenvalue weighted by Gasteiger charge is 2.31. The maximum Gasteiger partial charge on any atom is 0.234 e. The summed E-state index contributed by atoms with van der Waals surface area (Å²) in [6, 6.07) is -0.0925. The molecule has 0 saturated carbocycles. The maximum absolute atomic E-state index is 10.7. The molecule has 1 heterocycles. The van der Waals surface area contributed by atoms with Crippen LogP contribution >= 0.6 is 0 Å². The van der Waals surface area contributed by atoms with Crippen molar-refractivity contribution in [2.75, 3.05) is 19.7 Å². The van der Waals surface area contributed by atoms with Gasteiger partial charge in [-0.3, -0.25) is 9.69 Å². The van der Waals surface area contributed by atoms with Crippen molar-refractivity contribution in [3.05, 3.63) is 0 Å². The van der Waals surface area contributed by atoms with E-state index in [1.807, 2.05) is 4.90 Å². The molecule has 1 atom stereocenters. The van der Waals surface area contributed by atoms with Crippen molar-refractivity contribution in [3.8, 4) is 0 Å². The molecule has 1 unspecified atom stereocenters. The van der Waals surface area contributed by atoms with Gasteiger partial charge in [0.15, 0.2) is 0 Å². The SMILES string of the molecule is NOCCN1CCC1C(N)=O. The summed E-state index contributed by atoms with van der Waals surface area (Å²) in [5, 5.41) is 0. The van der Waals surface area contributed by atoms with Crippen molar-refractivity contribution < 1.29 is 9.63 Å². The van der Waals surface area contributed by atoms with Crippen LogP contribution in [0.5, 0.6) is 0 Å². The second-order valence-corrected chi connectivity index (χ2v) is 2.61. The lowest BCUT2D eigenvalue weighted by molar-refractivity contribution is -0.128. The number of likely N-dealkylation sites (tertiary alicyclic amines) is 1. The van der Waals surface area contributed by atoms with E-state index >= 15 is 0 Å². The molecule has 0 radical (unpaired) electrons. The number of carbonyl (C=O) groups excluding carboxylic acids is 1. The minimum atomic E-state index is -0.256. The van der Waals surface area contributed by atoms with Gasteiger partial charge in [-0.05, 0) is 6.42 Å². The van der Waals surface area contributed by atoms with Gasteiger partial charge in [0, 0.05) is 13.1 Å². The van der Waals surface area contributed by atoms with Gasteiger partial charge in [-0.25, -0.2) is 5.90 Å². The standard InChI is InChI=1S/C6H13N3O2/c7-6(10)5-1-2-9(5)3-4-11-8/h5H,1-4,8H2,(H2,7,10). The van der Waals surface area contributed by atoms with E-state index in [1.54, 1.807) is 0 Å². The Morgan fingerprint density at radius 1 is 1.73 bits per heavy atom. The molecule has 1 saturated heterocycles. The van der Waals surface area contributed by atoms with E-state index in [1.165, 1.54) is 0 Å². The Hall–Kier alpha value is -0.650. The molecular formula is C6H13N3O2. The van der Waals surface area contributed by atoms with Crippen molar-refractivity contribution in [1.82, 2.24) is 4.90 Å². The molecule has 0 spiro atoms. The largest absolute Gasteiger partial charge is 0.368 e. The highest BCUT2D eigenvalue weighted by molar-refractivity contribution is 5.80. The molecule has 0 aromatic heterocycles. The lowest BCUT2D eigenvalue weighted by atomic mass is 10.0. The van der Waals surface area contributed by atoms with E-state index in [-0.39, 0.29) is 11.9 Å². The van der Waals surface area contributed by atoms with Crippen molar-refractivity contribution >= 4 is 5.91 Å². The van der Waals surface area contributed by atoms with Gasteiger partial charge in [0.25, 0.3) is 0 Å². The molecule has 0 aromatic carbocycles. The summed E-state index contributed by atoms with van der Waals surface area (Å²) in [5.41, 5.74) is 5.11. The zero-order chi connectivity index (χ0) is 8.27. The van der Waals surface area contributed by atoms with Crippen molar-refractivity contribution in [3.63, 3.8) is 0 Å². The van der Waals surface area contributed by atoms with Gasteiger partial charge in [-0.15, -0.1) is 0 Å². The molecule has 5 heteroatoms. The predicted molar refractivity (Wildman–Crippen MR) is 39.3 cm³/mol. The molecule has 4 N–H and O–H groups in total. The first-order valence-corrected chi connectivity index (χ1v) is 3.60. The van der Waals surface area contributed by atoms with Gasteiger partial charge >= 0.3 is 0 Å². The molecule has 64 valence electrons. The van der Waals surface area contributed by atoms with Gasteiger partial charge in [0.05, 0.1) is 12.6 Å². The van der Waals surface area contributed by atoms with Crippen LogP contribution in [0.3, 0.4) is 0 Å². The second kappa shape index (κ2) is 3.66. The number of carbonyl (C=O) groups is 1. The Bertz CT molecular complexity index is 151. The fraction of sp³-hybridized carbons (Fsp3) is 0.833. The highest BCUT2D eigenvalue weighted by Crippen LogP contribution is 2.15. The highest BCUT2D eigenvalue weighted by atomic mass is 16.6. The monoisotopic (exact) mass is 159 g/mol. The van der Waals surface area contributed by atoms with E-state index in [0.717, 1.165) is 13.0 Å². The third kappa shape index (κ3) is 1.89. The summed E-state index contributed by atoms with van der Waals surface area (Å²) in [7, 11) is 0. The van der Waals surface area contributed by atoms with E-state index in [2.05, 4.69) is 4.84 Å². The summed E-state index contributed by atoms with van der Waals surface area (Å²) in [6.07, 6.45) is 0.861. The number of amides is 1. The fourth-order valence-corrected chi connectivity index (χ4v) is 1.20. The lowest BCUT2D eigenvalue weighted by Crippen LogP contribution is -2.55. The third-order valence-electron chi connectivity index (χ3n) is 1.96. The quantitative estimate of drug-likeness (QED) is 0.486. The van der Waals surface area contributed by atoms with Crippen LogP contribution in [-0.4, -0.2) is 36.5 Å². The predicted octanol–water partition coefficient (Wildman–Crippen LogP) is -1.56. The van der Waals surface area contributed by atoms with Gasteiger partial charge in [0.2, 0.25) is 5.91 Å². The van der Waals surface area contributed by atoms with Gasteiger partial charge in [-0.2, -0.15) is 0 Å². The van der Waals surface area contributed by atoms with Crippen LogP contribution in [0.15, 0.2) is 0 Å². The number of nitrogens with two attached hydrogens (primary N) is 2. The zero-order valence-electron chi connectivity index (χ0n) is 6.32. The smallest absolute Gasteiger partial charge is 0.234 e. The molecule has 1 aliphatic heterocycles. The van der Waals surface area contributed by atoms with Gasteiger partial charge < -0.3 is 10.6 Å². The first kappa shape index (κ1) is 8.45. The Balaban J connectivity index is 2.20. The minimum absolute atomic E-state index is 0.0925. The molecule has 1 fully saturated rings. The van der Waals surface area contributed by atoms with E-state index in [9.17, 15) is 4.79 Å². The molecule has 11 heavy (non-hydrogen) atoms. The molecular weight excluding hydrogens is 146 g/mol. The number of primary amides is 1. The first-order valence-electron chi connectivity index (χ1n) is 3.60. The second-order valence-electron chi connectivity index (χ2n) is 2.61. The zero-order valence-corrected chi connectivity index (χ0v) is 6.32. The Kier molecular flexibility index (Phi) is 2.81. The minimum Gasteiger partial charge on any atom is -0.368 e. The summed E-state index contributed by atoms with van der Waals surface area (Å²) < 4.78 is 0. The van der Waals surface area contributed by atoms with Crippen LogP contribution in [0.25, 0.3) is 0 Å². The number of rotatable bonds is 4. The molecule has 0 aromatic rings. The van der Waals surface area contributed by atoms with Crippen LogP contribution in [-0.2, 0) is 9.63 Å². The molecule has 0 aliphatic carbocycles. The molecule has 5 nitrogen and oxygen atoms in total. The summed E-state index contributed by atoms with van der Waals surface area (Å²) in [6.45, 7) is 2.05. The number of hydrogen-bond donors (Lipinski definition) is 2. The van der Waals surface area contributed by atoms with Crippen LogP contribution in [0.4, 0.5) is 0 Å². The van der Waals surface area contributed by atoms with Crippen LogP contribution in [0.2, 0.25) is 0 Å². The third-order valence-corrected chi connectivity index (χ3v) is 1.96. The lowest BCUT2D eigenvalue weighted by Gasteiger charge is -2.38. The van der Waals surface area contributed by atoms with Gasteiger partial charge in [0.1, 0.15) is 0 Å². The number of hydrogen-bond acceptors (Lipinski definition) is 4. The summed E-state index contributed by atoms with van der Waals surface area (Å²) >= 11 is 0. The van der Waals surface area contributed by atoms with E-state index in [4.69, 9.17) is 11.6 Å². The van der Waals surface area contributed by atoms with Crippen molar-refractivity contribution in [1.29, 1.82) is 0 Å². The molecule has 0 bridgehead atoms.